The number of hydrogen-bond acceptors (Lipinski definition) is 1. The monoisotopic (exact) mass is 136 g/mol. The topological polar surface area (TPSA) is 20.2 Å². The van der Waals surface area contributed by atoms with Gasteiger partial charge in [0, 0.05) is 12.1 Å². The maximum atomic E-state index is 7.57. The molecule has 0 aliphatic heterocycles. The van der Waals surface area contributed by atoms with E-state index in [2.05, 4.69) is 0 Å². The molecule has 0 aromatic heterocycles. The Labute approximate surface area is 56.0 Å². The summed E-state index contributed by atoms with van der Waals surface area (Å²) in [5, 5.41) is 7.57. The lowest BCUT2D eigenvalue weighted by Crippen LogP contribution is -1.57. The van der Waals surface area contributed by atoms with Gasteiger partial charge in [0.05, 0.1) is 0 Å². The molecule has 0 saturated heterocycles. The highest BCUT2D eigenvalue weighted by molar-refractivity contribution is 6.25. The Balaban J connectivity index is 0. The molecule has 0 aromatic rings. The van der Waals surface area contributed by atoms with E-state index < -0.39 is 0 Å². The summed E-state index contributed by atoms with van der Waals surface area (Å²) in [6.45, 7) is 3.97. The summed E-state index contributed by atoms with van der Waals surface area (Å²) < 4.78 is 0. The molecular weight excluding hydrogens is 124 g/mol. The zero-order valence-electron chi connectivity index (χ0n) is 5.39. The molecule has 0 unspecified atom stereocenters. The minimum absolute atomic E-state index is 0.250. The predicted molar refractivity (Wildman–Crippen MR) is 38.0 cm³/mol. The Bertz CT molecular complexity index is 43.8. The van der Waals surface area contributed by atoms with Crippen LogP contribution in [-0.4, -0.2) is 11.7 Å². The average Bonchev–Trinajstić information content (AvgIpc) is 1.71. The van der Waals surface area contributed by atoms with E-state index in [-0.39, 0.29) is 6.61 Å². The first-order valence-corrected chi connectivity index (χ1v) is 3.13. The van der Waals surface area contributed by atoms with Gasteiger partial charge in [-0.15, -0.1) is 0 Å². The van der Waals surface area contributed by atoms with Crippen LogP contribution in [0, 0.1) is 0 Å². The van der Waals surface area contributed by atoms with Crippen LogP contribution >= 0.6 is 11.6 Å². The number of hydrogen-bond donors (Lipinski definition) is 1. The third kappa shape index (κ3) is 37.7. The summed E-state index contributed by atoms with van der Waals surface area (Å²) in [4.78, 5) is 0. The fraction of sp³-hybridized carbons (Fsp3) is 0.667. The van der Waals surface area contributed by atoms with E-state index in [1.165, 1.54) is 5.54 Å². The van der Waals surface area contributed by atoms with Gasteiger partial charge in [-0.2, -0.15) is 0 Å². The normalized spacial score (nSPS) is 8.50. The largest absolute Gasteiger partial charge is 0.397 e. The summed E-state index contributed by atoms with van der Waals surface area (Å²) in [6.07, 6.45) is 2.92. The third-order valence-corrected chi connectivity index (χ3v) is 0.503. The van der Waals surface area contributed by atoms with E-state index in [9.17, 15) is 0 Å². The van der Waals surface area contributed by atoms with Crippen molar-refractivity contribution < 1.29 is 5.11 Å². The van der Waals surface area contributed by atoms with Crippen LogP contribution in [0.15, 0.2) is 11.6 Å². The SMILES string of the molecule is CC/C=C/Cl.CCO. The predicted octanol–water partition coefficient (Wildman–Crippen LogP) is 2.15. The highest BCUT2D eigenvalue weighted by Crippen LogP contribution is 1.80. The molecule has 0 saturated carbocycles. The lowest BCUT2D eigenvalue weighted by atomic mass is 10.5. The van der Waals surface area contributed by atoms with Crippen LogP contribution in [0.5, 0.6) is 0 Å². The number of allylic oxidation sites excluding steroid dienone is 1. The molecule has 0 fully saturated rings. The Hall–Kier alpha value is -0.0100. The van der Waals surface area contributed by atoms with Crippen LogP contribution in [-0.2, 0) is 0 Å². The first-order valence-electron chi connectivity index (χ1n) is 2.69. The molecule has 0 radical (unpaired) electrons. The van der Waals surface area contributed by atoms with Crippen LogP contribution in [0.4, 0.5) is 0 Å². The van der Waals surface area contributed by atoms with Gasteiger partial charge < -0.3 is 5.11 Å². The van der Waals surface area contributed by atoms with E-state index in [4.69, 9.17) is 16.7 Å². The second-order valence-electron chi connectivity index (χ2n) is 1.09. The lowest BCUT2D eigenvalue weighted by molar-refractivity contribution is 0.318. The third-order valence-electron chi connectivity index (χ3n) is 0.325. The van der Waals surface area contributed by atoms with E-state index >= 15 is 0 Å². The number of aliphatic hydroxyl groups is 1. The highest BCUT2D eigenvalue weighted by atomic mass is 35.5. The minimum Gasteiger partial charge on any atom is -0.397 e. The molecule has 1 nitrogen and oxygen atoms in total. The van der Waals surface area contributed by atoms with Crippen LogP contribution in [0.2, 0.25) is 0 Å². The average molecular weight is 137 g/mol. The van der Waals surface area contributed by atoms with Crippen molar-refractivity contribution in [2.45, 2.75) is 20.3 Å². The molecule has 0 heterocycles. The second-order valence-corrected chi connectivity index (χ2v) is 1.34. The maximum absolute atomic E-state index is 7.57. The molecule has 1 N–H and O–H groups in total. The second kappa shape index (κ2) is 15.8. The van der Waals surface area contributed by atoms with Gasteiger partial charge in [-0.25, -0.2) is 0 Å². The standard InChI is InChI=1S/C4H7Cl.C2H6O/c1-2-3-4-5;1-2-3/h3-4H,2H2,1H3;3H,2H2,1H3/b4-3+;. The summed E-state index contributed by atoms with van der Waals surface area (Å²) >= 11 is 5.12. The fourth-order valence-corrected chi connectivity index (χ4v) is 0.267. The van der Waals surface area contributed by atoms with Crippen molar-refractivity contribution in [1.82, 2.24) is 0 Å². The molecule has 0 aliphatic rings. The van der Waals surface area contributed by atoms with Gasteiger partial charge in [0.1, 0.15) is 0 Å². The molecular formula is C6H13ClO. The molecule has 0 rings (SSSR count). The minimum atomic E-state index is 0.250. The van der Waals surface area contributed by atoms with Gasteiger partial charge in [0.15, 0.2) is 0 Å². The number of halogens is 1. The molecule has 0 bridgehead atoms. The Morgan fingerprint density at radius 1 is 1.50 bits per heavy atom. The number of aliphatic hydroxyl groups excluding tert-OH is 1. The van der Waals surface area contributed by atoms with E-state index in [0.717, 1.165) is 6.42 Å². The van der Waals surface area contributed by atoms with Crippen LogP contribution < -0.4 is 0 Å². The summed E-state index contributed by atoms with van der Waals surface area (Å²) in [6, 6.07) is 0. The summed E-state index contributed by atoms with van der Waals surface area (Å²) in [7, 11) is 0. The van der Waals surface area contributed by atoms with Crippen molar-refractivity contribution in [2.24, 2.45) is 0 Å². The van der Waals surface area contributed by atoms with Crippen molar-refractivity contribution in [3.8, 4) is 0 Å². The highest BCUT2D eigenvalue weighted by Gasteiger charge is 1.53. The van der Waals surface area contributed by atoms with Crippen LogP contribution in [0.3, 0.4) is 0 Å². The van der Waals surface area contributed by atoms with Gasteiger partial charge in [-0.3, -0.25) is 0 Å². The van der Waals surface area contributed by atoms with Gasteiger partial charge in [0.2, 0.25) is 0 Å². The van der Waals surface area contributed by atoms with Crippen molar-refractivity contribution >= 4 is 11.6 Å². The van der Waals surface area contributed by atoms with Crippen molar-refractivity contribution in [3.05, 3.63) is 11.6 Å². The van der Waals surface area contributed by atoms with Crippen LogP contribution in [0.1, 0.15) is 20.3 Å². The van der Waals surface area contributed by atoms with Crippen molar-refractivity contribution in [1.29, 1.82) is 0 Å². The molecule has 0 aromatic carbocycles. The zero-order chi connectivity index (χ0) is 6.83. The first-order chi connectivity index (χ1) is 3.83. The Kier molecular flexibility index (Phi) is 21.4. The zero-order valence-corrected chi connectivity index (χ0v) is 6.15. The molecule has 0 aliphatic carbocycles. The molecule has 0 amide bonds. The Morgan fingerprint density at radius 3 is 1.88 bits per heavy atom. The molecule has 0 spiro atoms. The Morgan fingerprint density at radius 2 is 1.88 bits per heavy atom. The van der Waals surface area contributed by atoms with Gasteiger partial charge in [-0.05, 0) is 13.3 Å². The maximum Gasteiger partial charge on any atom is 0.0402 e. The lowest BCUT2D eigenvalue weighted by Gasteiger charge is -1.63. The van der Waals surface area contributed by atoms with Gasteiger partial charge in [-0.1, -0.05) is 24.6 Å². The van der Waals surface area contributed by atoms with Crippen molar-refractivity contribution in [2.75, 3.05) is 6.61 Å². The van der Waals surface area contributed by atoms with E-state index in [0.29, 0.717) is 0 Å². The van der Waals surface area contributed by atoms with Gasteiger partial charge >= 0.3 is 0 Å². The van der Waals surface area contributed by atoms with Crippen molar-refractivity contribution in [3.63, 3.8) is 0 Å². The van der Waals surface area contributed by atoms with E-state index in [1.54, 1.807) is 6.92 Å². The fourth-order valence-electron chi connectivity index (χ4n) is 0.0891. The van der Waals surface area contributed by atoms with E-state index in [1.807, 2.05) is 13.0 Å². The molecule has 0 atom stereocenters. The summed E-state index contributed by atoms with van der Waals surface area (Å²) in [5.74, 6) is 0. The van der Waals surface area contributed by atoms with Gasteiger partial charge in [0.25, 0.3) is 0 Å². The molecule has 2 heteroatoms. The van der Waals surface area contributed by atoms with Crippen LogP contribution in [0.25, 0.3) is 0 Å². The number of rotatable bonds is 1. The summed E-state index contributed by atoms with van der Waals surface area (Å²) in [5.41, 5.74) is 1.53. The quantitative estimate of drug-likeness (QED) is 0.586. The smallest absolute Gasteiger partial charge is 0.0402 e. The first kappa shape index (κ1) is 10.9. The molecule has 50 valence electrons. The molecule has 8 heavy (non-hydrogen) atoms.